The number of rotatable bonds is 5. The fourth-order valence-corrected chi connectivity index (χ4v) is 1.88. The largest absolute Gasteiger partial charge is 0.497 e. The Morgan fingerprint density at radius 2 is 2.21 bits per heavy atom. The van der Waals surface area contributed by atoms with E-state index in [2.05, 4.69) is 10.3 Å². The third-order valence-corrected chi connectivity index (χ3v) is 3.00. The summed E-state index contributed by atoms with van der Waals surface area (Å²) in [5.74, 6) is 1.73. The van der Waals surface area contributed by atoms with Crippen molar-refractivity contribution in [2.45, 2.75) is 12.8 Å². The topological polar surface area (TPSA) is 51.2 Å². The second-order valence-corrected chi connectivity index (χ2v) is 4.50. The Balaban J connectivity index is 2.18. The first-order valence-electron chi connectivity index (χ1n) is 6.02. The predicted octanol–water partition coefficient (Wildman–Crippen LogP) is 3.20. The fraction of sp³-hybridized carbons (Fsp3) is 0.286. The lowest BCUT2D eigenvalue weighted by atomic mass is 10.1. The molecule has 4 nitrogen and oxygen atoms in total. The molecule has 0 radical (unpaired) electrons. The number of ether oxygens (including phenoxy) is 1. The van der Waals surface area contributed by atoms with Gasteiger partial charge in [-0.1, -0.05) is 0 Å². The zero-order valence-electron chi connectivity index (χ0n) is 10.6. The maximum absolute atomic E-state index is 11.6. The second kappa shape index (κ2) is 6.38. The number of amides is 1. The van der Waals surface area contributed by atoms with E-state index in [4.69, 9.17) is 16.3 Å². The lowest BCUT2D eigenvalue weighted by Crippen LogP contribution is -2.12. The molecule has 2 aromatic rings. The summed E-state index contributed by atoms with van der Waals surface area (Å²) in [5.41, 5.74) is 0. The molecule has 2 rings (SSSR count). The van der Waals surface area contributed by atoms with Gasteiger partial charge in [-0.05, 0) is 36.1 Å². The third kappa shape index (κ3) is 3.58. The van der Waals surface area contributed by atoms with Gasteiger partial charge in [-0.3, -0.25) is 4.79 Å². The van der Waals surface area contributed by atoms with E-state index >= 15 is 0 Å². The molecule has 0 atom stereocenters. The van der Waals surface area contributed by atoms with E-state index < -0.39 is 0 Å². The molecule has 0 fully saturated rings. The van der Waals surface area contributed by atoms with Crippen LogP contribution in [0.4, 0.5) is 5.82 Å². The van der Waals surface area contributed by atoms with Crippen LogP contribution in [0.2, 0.25) is 0 Å². The van der Waals surface area contributed by atoms with Crippen LogP contribution in [0.1, 0.15) is 12.8 Å². The molecular formula is C14H15ClN2O2. The lowest BCUT2D eigenvalue weighted by molar-refractivity contribution is -0.116. The average molecular weight is 279 g/mol. The van der Waals surface area contributed by atoms with Crippen molar-refractivity contribution in [2.24, 2.45) is 0 Å². The minimum atomic E-state index is -0.0737. The fourth-order valence-electron chi connectivity index (χ4n) is 1.75. The third-order valence-electron chi connectivity index (χ3n) is 2.73. The van der Waals surface area contributed by atoms with Gasteiger partial charge in [-0.15, -0.1) is 11.6 Å². The molecule has 1 aromatic carbocycles. The number of nitrogens with one attached hydrogen (secondary N) is 1. The summed E-state index contributed by atoms with van der Waals surface area (Å²) in [6.07, 6.45) is 2.79. The Morgan fingerprint density at radius 1 is 1.37 bits per heavy atom. The van der Waals surface area contributed by atoms with Crippen molar-refractivity contribution in [3.8, 4) is 5.75 Å². The average Bonchev–Trinajstić information content (AvgIpc) is 2.44. The van der Waals surface area contributed by atoms with Crippen molar-refractivity contribution >= 4 is 34.1 Å². The van der Waals surface area contributed by atoms with E-state index in [1.165, 1.54) is 0 Å². The number of alkyl halides is 1. The molecule has 1 N–H and O–H groups in total. The smallest absolute Gasteiger partial charge is 0.225 e. The van der Waals surface area contributed by atoms with Crippen LogP contribution < -0.4 is 10.1 Å². The van der Waals surface area contributed by atoms with Gasteiger partial charge in [0.1, 0.15) is 11.6 Å². The highest BCUT2D eigenvalue weighted by atomic mass is 35.5. The Labute approximate surface area is 116 Å². The van der Waals surface area contributed by atoms with E-state index in [-0.39, 0.29) is 5.91 Å². The van der Waals surface area contributed by atoms with Gasteiger partial charge in [-0.25, -0.2) is 4.98 Å². The Bertz CT molecular complexity index is 587. The lowest BCUT2D eigenvalue weighted by Gasteiger charge is -2.06. The van der Waals surface area contributed by atoms with Crippen LogP contribution in [-0.2, 0) is 4.79 Å². The van der Waals surface area contributed by atoms with Crippen LogP contribution in [0.5, 0.6) is 5.75 Å². The summed E-state index contributed by atoms with van der Waals surface area (Å²) < 4.78 is 5.17. The van der Waals surface area contributed by atoms with Crippen LogP contribution >= 0.6 is 11.6 Å². The molecule has 0 unspecified atom stereocenters. The summed E-state index contributed by atoms with van der Waals surface area (Å²) in [6, 6.07) is 7.55. The van der Waals surface area contributed by atoms with E-state index in [0.717, 1.165) is 16.5 Å². The minimum Gasteiger partial charge on any atom is -0.497 e. The molecule has 0 spiro atoms. The number of anilines is 1. The number of aromatic nitrogens is 1. The molecule has 0 saturated carbocycles. The number of fused-ring (bicyclic) bond motifs is 1. The number of carbonyl (C=O) groups is 1. The molecule has 0 aliphatic rings. The van der Waals surface area contributed by atoms with Crippen molar-refractivity contribution in [1.82, 2.24) is 4.98 Å². The molecule has 1 aromatic heterocycles. The maximum atomic E-state index is 11.6. The zero-order valence-corrected chi connectivity index (χ0v) is 11.4. The molecule has 0 saturated heterocycles. The SMILES string of the molecule is COc1ccc2cnc(NC(=O)CCCCl)cc2c1. The summed E-state index contributed by atoms with van der Waals surface area (Å²) in [5, 5.41) is 4.73. The summed E-state index contributed by atoms with van der Waals surface area (Å²) in [6.45, 7) is 0. The minimum absolute atomic E-state index is 0.0737. The number of nitrogens with zero attached hydrogens (tertiary/aromatic N) is 1. The number of methoxy groups -OCH3 is 1. The number of halogens is 1. The van der Waals surface area contributed by atoms with E-state index in [1.807, 2.05) is 24.3 Å². The molecule has 0 aliphatic carbocycles. The van der Waals surface area contributed by atoms with Gasteiger partial charge >= 0.3 is 0 Å². The Kier molecular flexibility index (Phi) is 4.58. The monoisotopic (exact) mass is 278 g/mol. The Morgan fingerprint density at radius 3 is 2.95 bits per heavy atom. The van der Waals surface area contributed by atoms with Crippen molar-refractivity contribution < 1.29 is 9.53 Å². The first kappa shape index (κ1) is 13.6. The highest BCUT2D eigenvalue weighted by Gasteiger charge is 2.04. The summed E-state index contributed by atoms with van der Waals surface area (Å²) in [4.78, 5) is 15.8. The van der Waals surface area contributed by atoms with Gasteiger partial charge < -0.3 is 10.1 Å². The molecule has 1 amide bonds. The van der Waals surface area contributed by atoms with Crippen molar-refractivity contribution in [1.29, 1.82) is 0 Å². The summed E-state index contributed by atoms with van der Waals surface area (Å²) in [7, 11) is 1.62. The van der Waals surface area contributed by atoms with Gasteiger partial charge in [0.2, 0.25) is 5.91 Å². The predicted molar refractivity (Wildman–Crippen MR) is 76.9 cm³/mol. The van der Waals surface area contributed by atoms with Gasteiger partial charge in [0.25, 0.3) is 0 Å². The van der Waals surface area contributed by atoms with Gasteiger partial charge in [-0.2, -0.15) is 0 Å². The number of hydrogen-bond donors (Lipinski definition) is 1. The molecular weight excluding hydrogens is 264 g/mol. The number of hydrogen-bond acceptors (Lipinski definition) is 3. The number of carbonyl (C=O) groups excluding carboxylic acids is 1. The van der Waals surface area contributed by atoms with Gasteiger partial charge in [0.05, 0.1) is 7.11 Å². The number of benzene rings is 1. The van der Waals surface area contributed by atoms with E-state index in [1.54, 1.807) is 13.3 Å². The second-order valence-electron chi connectivity index (χ2n) is 4.12. The van der Waals surface area contributed by atoms with Crippen LogP contribution in [0, 0.1) is 0 Å². The van der Waals surface area contributed by atoms with Crippen LogP contribution in [0.15, 0.2) is 30.5 Å². The molecule has 0 bridgehead atoms. The van der Waals surface area contributed by atoms with Gasteiger partial charge in [0.15, 0.2) is 0 Å². The highest BCUT2D eigenvalue weighted by Crippen LogP contribution is 2.22. The zero-order chi connectivity index (χ0) is 13.7. The van der Waals surface area contributed by atoms with Crippen LogP contribution in [0.3, 0.4) is 0 Å². The molecule has 100 valence electrons. The van der Waals surface area contributed by atoms with Crippen LogP contribution in [0.25, 0.3) is 10.8 Å². The van der Waals surface area contributed by atoms with Gasteiger partial charge in [0, 0.05) is 23.9 Å². The standard InChI is InChI=1S/C14H15ClN2O2/c1-19-12-5-4-10-9-16-13(8-11(10)7-12)17-14(18)3-2-6-15/h4-5,7-9H,2-3,6H2,1H3,(H,16,17,18). The van der Waals surface area contributed by atoms with Crippen molar-refractivity contribution in [3.05, 3.63) is 30.5 Å². The number of pyridine rings is 1. The quantitative estimate of drug-likeness (QED) is 0.855. The normalized spacial score (nSPS) is 10.4. The van der Waals surface area contributed by atoms with Crippen molar-refractivity contribution in [3.63, 3.8) is 0 Å². The Hall–Kier alpha value is -1.81. The van der Waals surface area contributed by atoms with E-state index in [9.17, 15) is 4.79 Å². The molecule has 5 heteroatoms. The first-order chi connectivity index (χ1) is 9.22. The molecule has 19 heavy (non-hydrogen) atoms. The van der Waals surface area contributed by atoms with Crippen molar-refractivity contribution in [2.75, 3.05) is 18.3 Å². The van der Waals surface area contributed by atoms with E-state index in [0.29, 0.717) is 24.5 Å². The molecule has 0 aliphatic heterocycles. The first-order valence-corrected chi connectivity index (χ1v) is 6.56. The molecule has 1 heterocycles. The maximum Gasteiger partial charge on any atom is 0.225 e. The van der Waals surface area contributed by atoms with Crippen LogP contribution in [-0.4, -0.2) is 23.9 Å². The highest BCUT2D eigenvalue weighted by molar-refractivity contribution is 6.18. The summed E-state index contributed by atoms with van der Waals surface area (Å²) >= 11 is 5.55.